The van der Waals surface area contributed by atoms with E-state index >= 15 is 0 Å². The van der Waals surface area contributed by atoms with Crippen LogP contribution in [0.25, 0.3) is 27.2 Å². The molecule has 0 spiro atoms. The van der Waals surface area contributed by atoms with Crippen LogP contribution in [0.5, 0.6) is 5.75 Å². The largest absolute Gasteiger partial charge is 0.497 e. The first-order chi connectivity index (χ1) is 17.2. The maximum Gasteiger partial charge on any atom is 0.273 e. The highest BCUT2D eigenvalue weighted by molar-refractivity contribution is 7.13. The molecule has 1 amide bonds. The molecule has 7 nitrogen and oxygen atoms in total. The van der Waals surface area contributed by atoms with Crippen molar-refractivity contribution in [3.63, 3.8) is 0 Å². The van der Waals surface area contributed by atoms with Gasteiger partial charge in [-0.05, 0) is 54.7 Å². The van der Waals surface area contributed by atoms with Gasteiger partial charge in [0.15, 0.2) is 0 Å². The summed E-state index contributed by atoms with van der Waals surface area (Å²) < 4.78 is 7.23. The maximum absolute atomic E-state index is 13.2. The van der Waals surface area contributed by atoms with Crippen LogP contribution in [0.15, 0.2) is 72.5 Å². The van der Waals surface area contributed by atoms with Crippen LogP contribution in [0.4, 0.5) is 0 Å². The van der Waals surface area contributed by atoms with E-state index in [1.54, 1.807) is 13.3 Å². The SMILES string of the molecule is COc1ccc2[nH]cc(C3CCN(C(=O)c4csc(-c5cnn(-c6ccccc6)c5)n4)CC3)c2c1. The van der Waals surface area contributed by atoms with Gasteiger partial charge in [0.1, 0.15) is 16.5 Å². The fraction of sp³-hybridized carbons (Fsp3) is 0.222. The first kappa shape index (κ1) is 21.6. The average molecular weight is 484 g/mol. The maximum atomic E-state index is 13.2. The molecule has 1 aliphatic heterocycles. The summed E-state index contributed by atoms with van der Waals surface area (Å²) in [6, 6.07) is 16.1. The molecular formula is C27H25N5O2S. The van der Waals surface area contributed by atoms with E-state index in [1.807, 2.05) is 57.6 Å². The Hall–Kier alpha value is -3.91. The van der Waals surface area contributed by atoms with Gasteiger partial charge in [-0.3, -0.25) is 4.79 Å². The zero-order valence-corrected chi connectivity index (χ0v) is 20.2. The molecule has 0 unspecified atom stereocenters. The van der Waals surface area contributed by atoms with Gasteiger partial charge in [0.2, 0.25) is 0 Å². The van der Waals surface area contributed by atoms with E-state index < -0.39 is 0 Å². The molecule has 5 aromatic rings. The third-order valence-electron chi connectivity index (χ3n) is 6.72. The Bertz CT molecular complexity index is 1480. The predicted molar refractivity (Wildman–Crippen MR) is 137 cm³/mol. The van der Waals surface area contributed by atoms with Crippen LogP contribution in [0.2, 0.25) is 0 Å². The molecule has 8 heteroatoms. The van der Waals surface area contributed by atoms with Gasteiger partial charge < -0.3 is 14.6 Å². The van der Waals surface area contributed by atoms with E-state index in [9.17, 15) is 4.79 Å². The molecule has 0 radical (unpaired) electrons. The summed E-state index contributed by atoms with van der Waals surface area (Å²) in [6.45, 7) is 1.44. The first-order valence-electron chi connectivity index (χ1n) is 11.7. The number of piperidine rings is 1. The van der Waals surface area contributed by atoms with Crippen LogP contribution in [-0.2, 0) is 0 Å². The second kappa shape index (κ2) is 9.03. The topological polar surface area (TPSA) is 76.0 Å². The van der Waals surface area contributed by atoms with Crippen LogP contribution in [0.1, 0.15) is 34.8 Å². The van der Waals surface area contributed by atoms with Gasteiger partial charge in [0.25, 0.3) is 5.91 Å². The van der Waals surface area contributed by atoms with Crippen LogP contribution in [-0.4, -0.2) is 50.8 Å². The lowest BCUT2D eigenvalue weighted by Crippen LogP contribution is -2.38. The Morgan fingerprint density at radius 2 is 1.97 bits per heavy atom. The number of aromatic nitrogens is 4. The second-order valence-corrected chi connectivity index (χ2v) is 9.63. The monoisotopic (exact) mass is 483 g/mol. The molecule has 1 saturated heterocycles. The number of aromatic amines is 1. The van der Waals surface area contributed by atoms with Crippen molar-refractivity contribution in [3.05, 3.63) is 83.8 Å². The molecular weight excluding hydrogens is 458 g/mol. The van der Waals surface area contributed by atoms with Gasteiger partial charge in [-0.2, -0.15) is 5.10 Å². The number of likely N-dealkylation sites (tertiary alicyclic amines) is 1. The molecule has 6 rings (SSSR count). The number of ether oxygens (including phenoxy) is 1. The Morgan fingerprint density at radius 3 is 2.77 bits per heavy atom. The van der Waals surface area contributed by atoms with E-state index in [2.05, 4.69) is 33.4 Å². The van der Waals surface area contributed by atoms with Crippen LogP contribution < -0.4 is 4.74 Å². The number of thiazole rings is 1. The number of amides is 1. The molecule has 0 aliphatic carbocycles. The molecule has 0 atom stereocenters. The molecule has 3 aromatic heterocycles. The smallest absolute Gasteiger partial charge is 0.273 e. The summed E-state index contributed by atoms with van der Waals surface area (Å²) in [6.07, 6.45) is 7.70. The number of rotatable bonds is 5. The van der Waals surface area contributed by atoms with Crippen LogP contribution in [0.3, 0.4) is 0 Å². The number of H-pyrrole nitrogens is 1. The molecule has 0 saturated carbocycles. The number of nitrogens with one attached hydrogen (secondary N) is 1. The van der Waals surface area contributed by atoms with Gasteiger partial charge >= 0.3 is 0 Å². The minimum absolute atomic E-state index is 0.00185. The normalized spacial score (nSPS) is 14.5. The van der Waals surface area contributed by atoms with E-state index in [0.717, 1.165) is 53.5 Å². The number of carbonyl (C=O) groups is 1. The summed E-state index contributed by atoms with van der Waals surface area (Å²) in [5.41, 5.74) is 4.82. The lowest BCUT2D eigenvalue weighted by molar-refractivity contribution is 0.0708. The van der Waals surface area contributed by atoms with E-state index in [0.29, 0.717) is 11.6 Å². The molecule has 176 valence electrons. The summed E-state index contributed by atoms with van der Waals surface area (Å²) in [5.74, 6) is 1.27. The molecule has 2 aromatic carbocycles. The molecule has 0 bridgehead atoms. The summed E-state index contributed by atoms with van der Waals surface area (Å²) in [7, 11) is 1.69. The van der Waals surface area contributed by atoms with Crippen molar-refractivity contribution in [1.82, 2.24) is 24.6 Å². The Labute approximate surface area is 207 Å². The Morgan fingerprint density at radius 1 is 1.14 bits per heavy atom. The van der Waals surface area contributed by atoms with Crippen molar-refractivity contribution >= 4 is 28.1 Å². The minimum atomic E-state index is 0.00185. The molecule has 4 heterocycles. The van der Waals surface area contributed by atoms with Gasteiger partial charge in [-0.1, -0.05) is 18.2 Å². The average Bonchev–Trinajstić information content (AvgIpc) is 3.68. The minimum Gasteiger partial charge on any atom is -0.497 e. The molecule has 1 aliphatic rings. The molecule has 1 fully saturated rings. The highest BCUT2D eigenvalue weighted by Crippen LogP contribution is 2.35. The number of carbonyl (C=O) groups excluding carboxylic acids is 1. The number of nitrogens with zero attached hydrogens (tertiary/aromatic N) is 4. The third kappa shape index (κ3) is 4.10. The van der Waals surface area contributed by atoms with Crippen molar-refractivity contribution in [2.24, 2.45) is 0 Å². The predicted octanol–water partition coefficient (Wildman–Crippen LogP) is 5.51. The van der Waals surface area contributed by atoms with E-state index in [1.165, 1.54) is 22.3 Å². The van der Waals surface area contributed by atoms with Crippen molar-refractivity contribution in [1.29, 1.82) is 0 Å². The highest BCUT2D eigenvalue weighted by Gasteiger charge is 2.27. The lowest BCUT2D eigenvalue weighted by atomic mass is 9.89. The van der Waals surface area contributed by atoms with Crippen LogP contribution in [0, 0.1) is 0 Å². The van der Waals surface area contributed by atoms with Crippen molar-refractivity contribution in [3.8, 4) is 22.0 Å². The van der Waals surface area contributed by atoms with Gasteiger partial charge in [0, 0.05) is 47.3 Å². The highest BCUT2D eigenvalue weighted by atomic mass is 32.1. The van der Waals surface area contributed by atoms with Gasteiger partial charge in [-0.25, -0.2) is 9.67 Å². The van der Waals surface area contributed by atoms with Crippen molar-refractivity contribution in [2.75, 3.05) is 20.2 Å². The van der Waals surface area contributed by atoms with E-state index in [-0.39, 0.29) is 5.91 Å². The number of para-hydroxylation sites is 1. The zero-order chi connectivity index (χ0) is 23.8. The standard InChI is InChI=1S/C27H25N5O2S/c1-34-21-7-8-24-22(13-21)23(15-28-24)18-9-11-31(12-10-18)27(33)25-17-35-26(30-25)19-14-29-32(16-19)20-5-3-2-4-6-20/h2-8,13-18,28H,9-12H2,1H3. The number of fused-ring (bicyclic) bond motifs is 1. The Kier molecular flexibility index (Phi) is 5.58. The number of hydrogen-bond acceptors (Lipinski definition) is 5. The van der Waals surface area contributed by atoms with E-state index in [4.69, 9.17) is 4.74 Å². The van der Waals surface area contributed by atoms with Crippen molar-refractivity contribution < 1.29 is 9.53 Å². The zero-order valence-electron chi connectivity index (χ0n) is 19.3. The fourth-order valence-electron chi connectivity index (χ4n) is 4.80. The first-order valence-corrected chi connectivity index (χ1v) is 12.6. The number of hydrogen-bond donors (Lipinski definition) is 1. The lowest BCUT2D eigenvalue weighted by Gasteiger charge is -2.31. The quantitative estimate of drug-likeness (QED) is 0.358. The van der Waals surface area contributed by atoms with Crippen LogP contribution >= 0.6 is 11.3 Å². The summed E-state index contributed by atoms with van der Waals surface area (Å²) in [5, 5.41) is 8.31. The number of methoxy groups -OCH3 is 1. The fourth-order valence-corrected chi connectivity index (χ4v) is 5.57. The van der Waals surface area contributed by atoms with Gasteiger partial charge in [-0.15, -0.1) is 11.3 Å². The number of benzene rings is 2. The summed E-state index contributed by atoms with van der Waals surface area (Å²) >= 11 is 1.48. The molecule has 35 heavy (non-hydrogen) atoms. The Balaban J connectivity index is 1.13. The third-order valence-corrected chi connectivity index (χ3v) is 7.61. The van der Waals surface area contributed by atoms with Gasteiger partial charge in [0.05, 0.1) is 19.0 Å². The van der Waals surface area contributed by atoms with Crippen molar-refractivity contribution in [2.45, 2.75) is 18.8 Å². The molecule has 1 N–H and O–H groups in total. The summed E-state index contributed by atoms with van der Waals surface area (Å²) in [4.78, 5) is 23.1. The second-order valence-electron chi connectivity index (χ2n) is 8.77.